The molecule has 0 unspecified atom stereocenters. The highest BCUT2D eigenvalue weighted by Gasteiger charge is 1.96. The third kappa shape index (κ3) is 1.35. The van der Waals surface area contributed by atoms with E-state index >= 15 is 0 Å². The summed E-state index contributed by atoms with van der Waals surface area (Å²) in [6, 6.07) is 3.73. The van der Waals surface area contributed by atoms with Crippen LogP contribution in [0.5, 0.6) is 0 Å². The van der Waals surface area contributed by atoms with Gasteiger partial charge in [-0.2, -0.15) is 0 Å². The highest BCUT2D eigenvalue weighted by atomic mass is 127. The Kier molecular flexibility index (Phi) is 1.77. The summed E-state index contributed by atoms with van der Waals surface area (Å²) in [6.07, 6.45) is 3.77. The molecule has 0 aliphatic rings. The average molecular weight is 278 g/mol. The van der Waals surface area contributed by atoms with Crippen LogP contribution in [0.25, 0.3) is 5.65 Å². The molecule has 0 aliphatic carbocycles. The highest BCUT2D eigenvalue weighted by molar-refractivity contribution is 14.1. The van der Waals surface area contributed by atoms with Gasteiger partial charge in [0.1, 0.15) is 9.35 Å². The van der Waals surface area contributed by atoms with E-state index in [4.69, 9.17) is 11.6 Å². The standard InChI is InChI=1S/C7H4ClIN2/c8-5-1-2-7-10-6(9)4-11(7)3-5/h1-4H. The SMILES string of the molecule is Clc1ccc2nc(I)cn2c1. The molecule has 0 aliphatic heterocycles. The van der Waals surface area contributed by atoms with Crippen molar-refractivity contribution in [3.8, 4) is 0 Å². The third-order valence-electron chi connectivity index (χ3n) is 1.39. The molecule has 2 heterocycles. The van der Waals surface area contributed by atoms with Crippen molar-refractivity contribution in [2.75, 3.05) is 0 Å². The van der Waals surface area contributed by atoms with Crippen LogP contribution in [0.15, 0.2) is 24.5 Å². The summed E-state index contributed by atoms with van der Waals surface area (Å²) in [4.78, 5) is 4.25. The summed E-state index contributed by atoms with van der Waals surface area (Å²) < 4.78 is 2.88. The minimum atomic E-state index is 0.728. The lowest BCUT2D eigenvalue weighted by Crippen LogP contribution is -1.79. The van der Waals surface area contributed by atoms with E-state index in [2.05, 4.69) is 27.6 Å². The van der Waals surface area contributed by atoms with Gasteiger partial charge in [0.05, 0.1) is 5.02 Å². The van der Waals surface area contributed by atoms with Gasteiger partial charge < -0.3 is 4.40 Å². The second-order valence-corrected chi connectivity index (χ2v) is 3.72. The first-order chi connectivity index (χ1) is 5.25. The van der Waals surface area contributed by atoms with E-state index in [1.165, 1.54) is 0 Å². The van der Waals surface area contributed by atoms with Crippen LogP contribution in [0, 0.1) is 3.70 Å². The van der Waals surface area contributed by atoms with Crippen LogP contribution in [0.4, 0.5) is 0 Å². The summed E-state index contributed by atoms with van der Waals surface area (Å²) in [5, 5.41) is 0.728. The molecule has 0 aromatic carbocycles. The van der Waals surface area contributed by atoms with Crippen molar-refractivity contribution in [1.82, 2.24) is 9.38 Å². The summed E-state index contributed by atoms with van der Waals surface area (Å²) >= 11 is 7.95. The van der Waals surface area contributed by atoms with Crippen LogP contribution in [-0.2, 0) is 0 Å². The topological polar surface area (TPSA) is 17.3 Å². The number of pyridine rings is 1. The van der Waals surface area contributed by atoms with Crippen LogP contribution >= 0.6 is 34.2 Å². The van der Waals surface area contributed by atoms with E-state index < -0.39 is 0 Å². The molecule has 2 aromatic rings. The van der Waals surface area contributed by atoms with E-state index in [1.54, 1.807) is 0 Å². The molecule has 2 nitrogen and oxygen atoms in total. The van der Waals surface area contributed by atoms with Gasteiger partial charge >= 0.3 is 0 Å². The summed E-state index contributed by atoms with van der Waals surface area (Å²) in [5.74, 6) is 0. The molecule has 0 saturated heterocycles. The molecule has 2 rings (SSSR count). The number of nitrogens with zero attached hydrogens (tertiary/aromatic N) is 2. The molecule has 0 spiro atoms. The molecule has 56 valence electrons. The summed E-state index contributed by atoms with van der Waals surface area (Å²) in [5.41, 5.74) is 0.929. The Morgan fingerprint density at radius 3 is 3.00 bits per heavy atom. The first kappa shape index (κ1) is 7.36. The molecule has 0 amide bonds. The first-order valence-corrected chi connectivity index (χ1v) is 4.51. The Morgan fingerprint density at radius 2 is 2.18 bits per heavy atom. The van der Waals surface area contributed by atoms with Gasteiger partial charge in [-0.05, 0) is 34.7 Å². The number of hydrogen-bond acceptors (Lipinski definition) is 1. The van der Waals surface area contributed by atoms with Crippen LogP contribution in [-0.4, -0.2) is 9.38 Å². The van der Waals surface area contributed by atoms with E-state index in [1.807, 2.05) is 28.9 Å². The maximum absolute atomic E-state index is 5.78. The molecule has 0 bridgehead atoms. The van der Waals surface area contributed by atoms with Crippen molar-refractivity contribution in [2.24, 2.45) is 0 Å². The quantitative estimate of drug-likeness (QED) is 0.677. The molecular formula is C7H4ClIN2. The number of imidazole rings is 1. The molecule has 4 heteroatoms. The van der Waals surface area contributed by atoms with Crippen LogP contribution in [0.2, 0.25) is 5.02 Å². The predicted octanol–water partition coefficient (Wildman–Crippen LogP) is 2.59. The Balaban J connectivity index is 2.82. The van der Waals surface area contributed by atoms with E-state index in [-0.39, 0.29) is 0 Å². The van der Waals surface area contributed by atoms with E-state index in [0.717, 1.165) is 14.4 Å². The Morgan fingerprint density at radius 1 is 1.36 bits per heavy atom. The predicted molar refractivity (Wildman–Crippen MR) is 52.9 cm³/mol. The van der Waals surface area contributed by atoms with Gasteiger partial charge in [0.15, 0.2) is 0 Å². The molecule has 2 aromatic heterocycles. The fourth-order valence-corrected chi connectivity index (χ4v) is 1.65. The average Bonchev–Trinajstić information content (AvgIpc) is 2.27. The van der Waals surface area contributed by atoms with Crippen molar-refractivity contribution in [3.63, 3.8) is 0 Å². The zero-order chi connectivity index (χ0) is 7.84. The van der Waals surface area contributed by atoms with Gasteiger partial charge in [-0.15, -0.1) is 0 Å². The number of fused-ring (bicyclic) bond motifs is 1. The van der Waals surface area contributed by atoms with Crippen LogP contribution in [0.3, 0.4) is 0 Å². The van der Waals surface area contributed by atoms with Crippen molar-refractivity contribution >= 4 is 39.8 Å². The Hall–Kier alpha value is -0.290. The molecule has 0 fully saturated rings. The van der Waals surface area contributed by atoms with Crippen molar-refractivity contribution < 1.29 is 0 Å². The summed E-state index contributed by atoms with van der Waals surface area (Å²) in [6.45, 7) is 0. The monoisotopic (exact) mass is 278 g/mol. The van der Waals surface area contributed by atoms with Gasteiger partial charge in [-0.1, -0.05) is 11.6 Å². The minimum Gasteiger partial charge on any atom is -0.304 e. The Bertz CT molecular complexity index is 396. The van der Waals surface area contributed by atoms with Crippen molar-refractivity contribution in [3.05, 3.63) is 33.2 Å². The van der Waals surface area contributed by atoms with Crippen molar-refractivity contribution in [2.45, 2.75) is 0 Å². The lowest BCUT2D eigenvalue weighted by Gasteiger charge is -1.91. The zero-order valence-electron chi connectivity index (χ0n) is 5.46. The number of rotatable bonds is 0. The van der Waals surface area contributed by atoms with Gasteiger partial charge in [-0.25, -0.2) is 4.98 Å². The largest absolute Gasteiger partial charge is 0.304 e. The number of aromatic nitrogens is 2. The zero-order valence-corrected chi connectivity index (χ0v) is 8.37. The van der Waals surface area contributed by atoms with E-state index in [9.17, 15) is 0 Å². The lowest BCUT2D eigenvalue weighted by atomic mass is 10.5. The van der Waals surface area contributed by atoms with Gasteiger partial charge in [-0.3, -0.25) is 0 Å². The maximum atomic E-state index is 5.78. The smallest absolute Gasteiger partial charge is 0.138 e. The van der Waals surface area contributed by atoms with Crippen molar-refractivity contribution in [1.29, 1.82) is 0 Å². The molecule has 0 N–H and O–H groups in total. The minimum absolute atomic E-state index is 0.728. The molecule has 0 radical (unpaired) electrons. The van der Waals surface area contributed by atoms with E-state index in [0.29, 0.717) is 0 Å². The van der Waals surface area contributed by atoms with Crippen LogP contribution in [0.1, 0.15) is 0 Å². The fraction of sp³-hybridized carbons (Fsp3) is 0. The number of halogens is 2. The Labute approximate surface area is 82.3 Å². The first-order valence-electron chi connectivity index (χ1n) is 3.05. The maximum Gasteiger partial charge on any atom is 0.138 e. The second kappa shape index (κ2) is 2.64. The number of hydrogen-bond donors (Lipinski definition) is 0. The van der Waals surface area contributed by atoms with Gasteiger partial charge in [0, 0.05) is 12.4 Å². The van der Waals surface area contributed by atoms with Gasteiger partial charge in [0.25, 0.3) is 0 Å². The molecule has 0 saturated carbocycles. The normalized spacial score (nSPS) is 10.7. The lowest BCUT2D eigenvalue weighted by molar-refractivity contribution is 1.19. The second-order valence-electron chi connectivity index (χ2n) is 2.18. The fourth-order valence-electron chi connectivity index (χ4n) is 0.934. The molecule has 11 heavy (non-hydrogen) atoms. The van der Waals surface area contributed by atoms with Crippen LogP contribution < -0.4 is 0 Å². The molecule has 0 atom stereocenters. The van der Waals surface area contributed by atoms with Gasteiger partial charge in [0.2, 0.25) is 0 Å². The highest BCUT2D eigenvalue weighted by Crippen LogP contribution is 2.12. The third-order valence-corrected chi connectivity index (χ3v) is 2.13. The molecular weight excluding hydrogens is 274 g/mol. The summed E-state index contributed by atoms with van der Waals surface area (Å²) in [7, 11) is 0.